The summed E-state index contributed by atoms with van der Waals surface area (Å²) in [7, 11) is -3.33. The molecule has 1 aromatic rings. The molecular formula is C12H18N2O2S. The molecule has 1 aromatic carbocycles. The van der Waals surface area contributed by atoms with E-state index in [0.717, 1.165) is 19.5 Å². The zero-order chi connectivity index (χ0) is 12.3. The van der Waals surface area contributed by atoms with Gasteiger partial charge in [0.25, 0.3) is 0 Å². The standard InChI is InChI=1S/C12H18N2O2S/c1-2-8-14(11-9-13-10-11)17(15,16)12-6-4-3-5-7-12/h3-7,11,13H,2,8-10H2,1H3. The van der Waals surface area contributed by atoms with Crippen LogP contribution in [0.15, 0.2) is 35.2 Å². The number of rotatable bonds is 5. The van der Waals surface area contributed by atoms with Gasteiger partial charge in [0.2, 0.25) is 10.0 Å². The highest BCUT2D eigenvalue weighted by atomic mass is 32.2. The van der Waals surface area contributed by atoms with Gasteiger partial charge in [-0.25, -0.2) is 8.42 Å². The summed E-state index contributed by atoms with van der Waals surface area (Å²) in [5.41, 5.74) is 0. The van der Waals surface area contributed by atoms with E-state index in [1.165, 1.54) is 0 Å². The van der Waals surface area contributed by atoms with Crippen molar-refractivity contribution >= 4 is 10.0 Å². The molecule has 0 saturated carbocycles. The highest BCUT2D eigenvalue weighted by molar-refractivity contribution is 7.89. The molecule has 0 atom stereocenters. The average Bonchev–Trinajstić information content (AvgIpc) is 2.27. The maximum atomic E-state index is 12.5. The molecule has 1 aliphatic rings. The SMILES string of the molecule is CCCN(C1CNC1)S(=O)(=O)c1ccccc1. The van der Waals surface area contributed by atoms with E-state index in [1.54, 1.807) is 28.6 Å². The van der Waals surface area contributed by atoms with Crippen molar-refractivity contribution in [1.82, 2.24) is 9.62 Å². The molecule has 1 N–H and O–H groups in total. The lowest BCUT2D eigenvalue weighted by Crippen LogP contribution is -2.58. The van der Waals surface area contributed by atoms with Crippen LogP contribution in [0.5, 0.6) is 0 Å². The molecule has 1 saturated heterocycles. The van der Waals surface area contributed by atoms with E-state index in [-0.39, 0.29) is 6.04 Å². The fraction of sp³-hybridized carbons (Fsp3) is 0.500. The van der Waals surface area contributed by atoms with Gasteiger partial charge in [-0.1, -0.05) is 25.1 Å². The molecule has 0 aromatic heterocycles. The number of hydrogen-bond donors (Lipinski definition) is 1. The third kappa shape index (κ3) is 2.51. The van der Waals surface area contributed by atoms with Crippen molar-refractivity contribution in [3.05, 3.63) is 30.3 Å². The summed E-state index contributed by atoms with van der Waals surface area (Å²) < 4.78 is 26.5. The van der Waals surface area contributed by atoms with Crippen molar-refractivity contribution < 1.29 is 8.42 Å². The lowest BCUT2D eigenvalue weighted by Gasteiger charge is -2.37. The molecular weight excluding hydrogens is 236 g/mol. The first-order chi connectivity index (χ1) is 8.16. The Labute approximate surface area is 103 Å². The summed E-state index contributed by atoms with van der Waals surface area (Å²) in [6.07, 6.45) is 0.836. The summed E-state index contributed by atoms with van der Waals surface area (Å²) >= 11 is 0. The quantitative estimate of drug-likeness (QED) is 0.855. The van der Waals surface area contributed by atoms with Crippen LogP contribution in [0.3, 0.4) is 0 Å². The summed E-state index contributed by atoms with van der Waals surface area (Å²) in [5, 5.41) is 3.12. The predicted molar refractivity (Wildman–Crippen MR) is 67.3 cm³/mol. The third-order valence-electron chi connectivity index (χ3n) is 2.96. The second-order valence-corrected chi connectivity index (χ2v) is 6.13. The summed E-state index contributed by atoms with van der Waals surface area (Å²) in [5.74, 6) is 0. The summed E-state index contributed by atoms with van der Waals surface area (Å²) in [4.78, 5) is 0.389. The Kier molecular flexibility index (Phi) is 3.81. The third-order valence-corrected chi connectivity index (χ3v) is 4.93. The van der Waals surface area contributed by atoms with Crippen LogP contribution >= 0.6 is 0 Å². The van der Waals surface area contributed by atoms with E-state index < -0.39 is 10.0 Å². The average molecular weight is 254 g/mol. The topological polar surface area (TPSA) is 49.4 Å². The van der Waals surface area contributed by atoms with Gasteiger partial charge in [-0.2, -0.15) is 4.31 Å². The molecule has 4 nitrogen and oxygen atoms in total. The second-order valence-electron chi connectivity index (χ2n) is 4.24. The van der Waals surface area contributed by atoms with Gasteiger partial charge in [0, 0.05) is 19.6 Å². The Bertz CT molecular complexity index is 455. The lowest BCUT2D eigenvalue weighted by atomic mass is 10.2. The Morgan fingerprint density at radius 3 is 2.41 bits per heavy atom. The molecule has 0 aliphatic carbocycles. The van der Waals surface area contributed by atoms with E-state index in [0.29, 0.717) is 11.4 Å². The number of sulfonamides is 1. The van der Waals surface area contributed by atoms with Crippen LogP contribution < -0.4 is 5.32 Å². The molecule has 0 amide bonds. The summed E-state index contributed by atoms with van der Waals surface area (Å²) in [6.45, 7) is 4.10. The number of benzene rings is 1. The first-order valence-electron chi connectivity index (χ1n) is 5.94. The molecule has 17 heavy (non-hydrogen) atoms. The van der Waals surface area contributed by atoms with E-state index in [9.17, 15) is 8.42 Å². The Morgan fingerprint density at radius 2 is 1.94 bits per heavy atom. The van der Waals surface area contributed by atoms with Gasteiger partial charge in [0.05, 0.1) is 10.9 Å². The van der Waals surface area contributed by atoms with Crippen LogP contribution in [-0.2, 0) is 10.0 Å². The first kappa shape index (κ1) is 12.5. The van der Waals surface area contributed by atoms with Gasteiger partial charge in [-0.15, -0.1) is 0 Å². The minimum atomic E-state index is -3.33. The van der Waals surface area contributed by atoms with Gasteiger partial charge in [-0.05, 0) is 18.6 Å². The maximum Gasteiger partial charge on any atom is 0.243 e. The van der Waals surface area contributed by atoms with Crippen molar-refractivity contribution in [2.45, 2.75) is 24.3 Å². The number of nitrogens with one attached hydrogen (secondary N) is 1. The molecule has 0 spiro atoms. The Balaban J connectivity index is 2.28. The molecule has 1 fully saturated rings. The van der Waals surface area contributed by atoms with E-state index in [1.807, 2.05) is 13.0 Å². The fourth-order valence-corrected chi connectivity index (χ4v) is 3.66. The van der Waals surface area contributed by atoms with Gasteiger partial charge < -0.3 is 5.32 Å². The number of hydrogen-bond acceptors (Lipinski definition) is 3. The Hall–Kier alpha value is -0.910. The van der Waals surface area contributed by atoms with Crippen molar-refractivity contribution in [2.24, 2.45) is 0 Å². The van der Waals surface area contributed by atoms with Crippen molar-refractivity contribution in [1.29, 1.82) is 0 Å². The monoisotopic (exact) mass is 254 g/mol. The molecule has 1 aliphatic heterocycles. The van der Waals surface area contributed by atoms with Gasteiger partial charge >= 0.3 is 0 Å². The maximum absolute atomic E-state index is 12.5. The van der Waals surface area contributed by atoms with Crippen LogP contribution in [0.4, 0.5) is 0 Å². The predicted octanol–water partition coefficient (Wildman–Crippen LogP) is 1.06. The molecule has 5 heteroatoms. The van der Waals surface area contributed by atoms with E-state index in [2.05, 4.69) is 5.32 Å². The van der Waals surface area contributed by atoms with Gasteiger partial charge in [-0.3, -0.25) is 0 Å². The van der Waals surface area contributed by atoms with Crippen molar-refractivity contribution in [3.63, 3.8) is 0 Å². The molecule has 2 rings (SSSR count). The van der Waals surface area contributed by atoms with Gasteiger partial charge in [0.15, 0.2) is 0 Å². The zero-order valence-electron chi connectivity index (χ0n) is 9.96. The molecule has 94 valence electrons. The van der Waals surface area contributed by atoms with Crippen LogP contribution in [-0.4, -0.2) is 38.4 Å². The minimum Gasteiger partial charge on any atom is -0.313 e. The molecule has 0 unspecified atom stereocenters. The highest BCUT2D eigenvalue weighted by Gasteiger charge is 2.33. The molecule has 0 bridgehead atoms. The highest BCUT2D eigenvalue weighted by Crippen LogP contribution is 2.19. The van der Waals surface area contributed by atoms with E-state index >= 15 is 0 Å². The van der Waals surface area contributed by atoms with Crippen LogP contribution in [0.25, 0.3) is 0 Å². The van der Waals surface area contributed by atoms with E-state index in [4.69, 9.17) is 0 Å². The second kappa shape index (κ2) is 5.16. The van der Waals surface area contributed by atoms with Crippen LogP contribution in [0.1, 0.15) is 13.3 Å². The Morgan fingerprint density at radius 1 is 1.29 bits per heavy atom. The summed E-state index contributed by atoms with van der Waals surface area (Å²) in [6, 6.07) is 8.77. The van der Waals surface area contributed by atoms with Gasteiger partial charge in [0.1, 0.15) is 0 Å². The first-order valence-corrected chi connectivity index (χ1v) is 7.38. The fourth-order valence-electron chi connectivity index (χ4n) is 1.92. The smallest absolute Gasteiger partial charge is 0.243 e. The lowest BCUT2D eigenvalue weighted by molar-refractivity contribution is 0.242. The molecule has 0 radical (unpaired) electrons. The van der Waals surface area contributed by atoms with Crippen molar-refractivity contribution in [2.75, 3.05) is 19.6 Å². The number of nitrogens with zero attached hydrogens (tertiary/aromatic N) is 1. The largest absolute Gasteiger partial charge is 0.313 e. The minimum absolute atomic E-state index is 0.111. The molecule has 1 heterocycles. The van der Waals surface area contributed by atoms with Crippen LogP contribution in [0.2, 0.25) is 0 Å². The zero-order valence-corrected chi connectivity index (χ0v) is 10.8. The van der Waals surface area contributed by atoms with Crippen LogP contribution in [0, 0.1) is 0 Å². The normalized spacial score (nSPS) is 17.1. The van der Waals surface area contributed by atoms with Crippen molar-refractivity contribution in [3.8, 4) is 0 Å².